The van der Waals surface area contributed by atoms with Crippen molar-refractivity contribution in [3.8, 4) is 0 Å². The van der Waals surface area contributed by atoms with Crippen LogP contribution < -0.4 is 5.32 Å². The number of aromatic nitrogens is 1. The predicted octanol–water partition coefficient (Wildman–Crippen LogP) is 2.88. The highest BCUT2D eigenvalue weighted by atomic mass is 14.9. The molecule has 1 aromatic rings. The number of hydrogen-bond donors (Lipinski definition) is 1. The smallest absolute Gasteiger partial charge is 0.0354 e. The quantitative estimate of drug-likeness (QED) is 0.838. The second-order valence-electron chi connectivity index (χ2n) is 4.94. The van der Waals surface area contributed by atoms with E-state index in [9.17, 15) is 0 Å². The molecular weight excluding hydrogens is 208 g/mol. The van der Waals surface area contributed by atoms with Gasteiger partial charge in [-0.25, -0.2) is 0 Å². The van der Waals surface area contributed by atoms with Gasteiger partial charge in [-0.05, 0) is 54.5 Å². The monoisotopic (exact) mass is 226 g/mol. The van der Waals surface area contributed by atoms with Gasteiger partial charge in [-0.3, -0.25) is 4.98 Å². The molecule has 2 unspecified atom stereocenters. The van der Waals surface area contributed by atoms with Crippen molar-refractivity contribution in [2.75, 3.05) is 6.54 Å². The first-order chi connectivity index (χ1) is 8.38. The molecule has 2 heterocycles. The minimum absolute atomic E-state index is 0.547. The van der Waals surface area contributed by atoms with E-state index in [1.165, 1.54) is 30.4 Å². The molecule has 0 bridgehead atoms. The van der Waals surface area contributed by atoms with Gasteiger partial charge in [0.25, 0.3) is 0 Å². The van der Waals surface area contributed by atoms with Crippen molar-refractivity contribution in [2.45, 2.75) is 25.3 Å². The lowest BCUT2D eigenvalue weighted by molar-refractivity contribution is 0.346. The van der Waals surface area contributed by atoms with Gasteiger partial charge in [0.2, 0.25) is 0 Å². The summed E-state index contributed by atoms with van der Waals surface area (Å²) in [4.78, 5) is 4.30. The zero-order valence-corrected chi connectivity index (χ0v) is 10.0. The number of rotatable bonds is 2. The Morgan fingerprint density at radius 2 is 2.35 bits per heavy atom. The Hall–Kier alpha value is -1.41. The molecule has 88 valence electrons. The Morgan fingerprint density at radius 3 is 3.24 bits per heavy atom. The van der Waals surface area contributed by atoms with Gasteiger partial charge in [0.15, 0.2) is 0 Å². The average Bonchev–Trinajstić information content (AvgIpc) is 2.82. The molecular formula is C15H18N2. The molecule has 2 nitrogen and oxygen atoms in total. The van der Waals surface area contributed by atoms with Crippen molar-refractivity contribution >= 4 is 11.6 Å². The van der Waals surface area contributed by atoms with Crippen LogP contribution >= 0.6 is 0 Å². The Balaban J connectivity index is 1.90. The Kier molecular flexibility index (Phi) is 2.81. The summed E-state index contributed by atoms with van der Waals surface area (Å²) in [6.45, 7) is 4.95. The van der Waals surface area contributed by atoms with Crippen LogP contribution in [0.4, 0.5) is 0 Å². The molecule has 3 rings (SSSR count). The fourth-order valence-electron chi connectivity index (χ4n) is 3.00. The predicted molar refractivity (Wildman–Crippen MR) is 71.4 cm³/mol. The lowest BCUT2D eigenvalue weighted by Gasteiger charge is -2.29. The van der Waals surface area contributed by atoms with Crippen LogP contribution in [0.25, 0.3) is 11.6 Å². The topological polar surface area (TPSA) is 24.9 Å². The highest BCUT2D eigenvalue weighted by Crippen LogP contribution is 2.37. The molecule has 0 saturated carbocycles. The highest BCUT2D eigenvalue weighted by molar-refractivity contribution is 5.73. The number of nitrogens with zero attached hydrogens (tertiary/aromatic N) is 1. The second kappa shape index (κ2) is 4.46. The molecule has 1 saturated heterocycles. The Bertz CT molecular complexity index is 462. The third-order valence-electron chi connectivity index (χ3n) is 3.89. The van der Waals surface area contributed by atoms with E-state index in [0.29, 0.717) is 6.04 Å². The van der Waals surface area contributed by atoms with E-state index in [-0.39, 0.29) is 0 Å². The summed E-state index contributed by atoms with van der Waals surface area (Å²) in [6, 6.07) is 2.73. The lowest BCUT2D eigenvalue weighted by Crippen LogP contribution is -2.39. The van der Waals surface area contributed by atoms with Gasteiger partial charge >= 0.3 is 0 Å². The van der Waals surface area contributed by atoms with Gasteiger partial charge in [0.05, 0.1) is 0 Å². The van der Waals surface area contributed by atoms with Crippen LogP contribution in [0.3, 0.4) is 0 Å². The van der Waals surface area contributed by atoms with Crippen LogP contribution in [-0.4, -0.2) is 17.6 Å². The van der Waals surface area contributed by atoms with Gasteiger partial charge in [-0.2, -0.15) is 0 Å². The van der Waals surface area contributed by atoms with E-state index in [0.717, 1.165) is 18.0 Å². The first-order valence-electron chi connectivity index (χ1n) is 6.40. The third kappa shape index (κ3) is 1.93. The number of pyridine rings is 1. The zero-order valence-electron chi connectivity index (χ0n) is 10.0. The molecule has 0 aromatic carbocycles. The molecule has 1 aromatic heterocycles. The molecule has 2 atom stereocenters. The number of fused-ring (bicyclic) bond motifs is 1. The van der Waals surface area contributed by atoms with Gasteiger partial charge in [-0.1, -0.05) is 18.7 Å². The molecule has 0 radical (unpaired) electrons. The second-order valence-corrected chi connectivity index (χ2v) is 4.94. The first-order valence-corrected chi connectivity index (χ1v) is 6.40. The van der Waals surface area contributed by atoms with E-state index in [1.807, 2.05) is 18.5 Å². The zero-order chi connectivity index (χ0) is 11.7. The summed E-state index contributed by atoms with van der Waals surface area (Å²) in [6.07, 6.45) is 12.0. The SMILES string of the molecule is C=Cc1cncc(C2=CCC3CCCNC23)c1. The normalized spacial score (nSPS) is 27.4. The van der Waals surface area contributed by atoms with Gasteiger partial charge in [0, 0.05) is 18.4 Å². The fraction of sp³-hybridized carbons (Fsp3) is 0.400. The summed E-state index contributed by atoms with van der Waals surface area (Å²) in [5.74, 6) is 0.797. The summed E-state index contributed by atoms with van der Waals surface area (Å²) in [5.41, 5.74) is 3.79. The molecule has 1 aliphatic heterocycles. The Labute approximate surface area is 102 Å². The number of allylic oxidation sites excluding steroid dienone is 1. The highest BCUT2D eigenvalue weighted by Gasteiger charge is 2.32. The molecule has 0 spiro atoms. The largest absolute Gasteiger partial charge is 0.310 e. The summed E-state index contributed by atoms with van der Waals surface area (Å²) < 4.78 is 0. The van der Waals surface area contributed by atoms with Crippen LogP contribution in [0, 0.1) is 5.92 Å². The fourth-order valence-corrected chi connectivity index (χ4v) is 3.00. The maximum Gasteiger partial charge on any atom is 0.0354 e. The summed E-state index contributed by atoms with van der Waals surface area (Å²) in [5, 5.41) is 3.65. The van der Waals surface area contributed by atoms with Crippen LogP contribution in [0.5, 0.6) is 0 Å². The van der Waals surface area contributed by atoms with Crippen LogP contribution in [-0.2, 0) is 0 Å². The van der Waals surface area contributed by atoms with E-state index >= 15 is 0 Å². The average molecular weight is 226 g/mol. The van der Waals surface area contributed by atoms with Crippen molar-refractivity contribution in [1.82, 2.24) is 10.3 Å². The standard InChI is InChI=1S/C15H18N2/c1-2-11-8-13(10-16-9-11)14-6-5-12-4-3-7-17-15(12)14/h2,6,8-10,12,15,17H,1,3-5,7H2. The van der Waals surface area contributed by atoms with Crippen LogP contribution in [0.2, 0.25) is 0 Å². The van der Waals surface area contributed by atoms with Crippen molar-refractivity contribution < 1.29 is 0 Å². The maximum atomic E-state index is 4.30. The van der Waals surface area contributed by atoms with Gasteiger partial charge < -0.3 is 5.32 Å². The Morgan fingerprint density at radius 1 is 1.41 bits per heavy atom. The van der Waals surface area contributed by atoms with Gasteiger partial charge in [0.1, 0.15) is 0 Å². The van der Waals surface area contributed by atoms with Gasteiger partial charge in [-0.15, -0.1) is 0 Å². The molecule has 1 aliphatic carbocycles. The molecule has 2 heteroatoms. The van der Waals surface area contributed by atoms with Crippen molar-refractivity contribution in [2.24, 2.45) is 5.92 Å². The van der Waals surface area contributed by atoms with E-state index in [2.05, 4.69) is 29.0 Å². The van der Waals surface area contributed by atoms with Crippen molar-refractivity contribution in [3.05, 3.63) is 42.2 Å². The van der Waals surface area contributed by atoms with E-state index < -0.39 is 0 Å². The lowest BCUT2D eigenvalue weighted by atomic mass is 9.88. The van der Waals surface area contributed by atoms with Crippen molar-refractivity contribution in [1.29, 1.82) is 0 Å². The molecule has 17 heavy (non-hydrogen) atoms. The molecule has 1 fully saturated rings. The summed E-state index contributed by atoms with van der Waals surface area (Å²) >= 11 is 0. The number of hydrogen-bond acceptors (Lipinski definition) is 2. The molecule has 2 aliphatic rings. The van der Waals surface area contributed by atoms with E-state index in [1.54, 1.807) is 0 Å². The molecule has 1 N–H and O–H groups in total. The minimum Gasteiger partial charge on any atom is -0.310 e. The van der Waals surface area contributed by atoms with Crippen LogP contribution in [0.1, 0.15) is 30.4 Å². The third-order valence-corrected chi connectivity index (χ3v) is 3.89. The first kappa shape index (κ1) is 10.7. The maximum absolute atomic E-state index is 4.30. The number of nitrogens with one attached hydrogen (secondary N) is 1. The van der Waals surface area contributed by atoms with E-state index in [4.69, 9.17) is 0 Å². The minimum atomic E-state index is 0.547. The van der Waals surface area contributed by atoms with Crippen LogP contribution in [0.15, 0.2) is 31.1 Å². The summed E-state index contributed by atoms with van der Waals surface area (Å²) in [7, 11) is 0. The molecule has 0 amide bonds. The number of piperidine rings is 1. The van der Waals surface area contributed by atoms with Crippen molar-refractivity contribution in [3.63, 3.8) is 0 Å².